The van der Waals surface area contributed by atoms with Crippen molar-refractivity contribution >= 4 is 5.91 Å². The van der Waals surface area contributed by atoms with E-state index in [1.807, 2.05) is 6.20 Å². The Morgan fingerprint density at radius 2 is 2.17 bits per heavy atom. The zero-order chi connectivity index (χ0) is 16.4. The summed E-state index contributed by atoms with van der Waals surface area (Å²) in [4.78, 5) is 19.0. The number of nitrogens with one attached hydrogen (secondary N) is 1. The van der Waals surface area contributed by atoms with E-state index in [0.717, 1.165) is 57.3 Å². The Morgan fingerprint density at radius 1 is 1.25 bits per heavy atom. The van der Waals surface area contributed by atoms with Gasteiger partial charge in [-0.25, -0.2) is 4.98 Å². The highest BCUT2D eigenvalue weighted by Gasteiger charge is 2.25. The second-order valence-corrected chi connectivity index (χ2v) is 7.52. The van der Waals surface area contributed by atoms with Gasteiger partial charge in [-0.3, -0.25) is 4.79 Å². The maximum absolute atomic E-state index is 11.9. The van der Waals surface area contributed by atoms with E-state index in [1.165, 1.54) is 19.3 Å². The highest BCUT2D eigenvalue weighted by molar-refractivity contribution is 5.76. The summed E-state index contributed by atoms with van der Waals surface area (Å²) in [5, 5.41) is 3.07. The molecule has 0 spiro atoms. The molecule has 2 fully saturated rings. The molecular weight excluding hydrogens is 304 g/mol. The molecule has 1 atom stereocenters. The third kappa shape index (κ3) is 3.98. The highest BCUT2D eigenvalue weighted by Crippen LogP contribution is 2.32. The number of nitrogens with zero attached hydrogens (tertiary/aromatic N) is 3. The first-order chi connectivity index (χ1) is 11.8. The molecule has 1 aliphatic carbocycles. The van der Waals surface area contributed by atoms with E-state index < -0.39 is 0 Å². The number of aromatic nitrogens is 2. The SMILES string of the molecule is O=C(CC1CC1)NCc1cnc2n1CCN(C[C@@H]1CCOC1)CC2. The molecule has 1 N–H and O–H groups in total. The van der Waals surface area contributed by atoms with Crippen LogP contribution in [0.15, 0.2) is 6.20 Å². The molecule has 0 radical (unpaired) electrons. The van der Waals surface area contributed by atoms with Crippen molar-refractivity contribution in [3.63, 3.8) is 0 Å². The minimum atomic E-state index is 0.185. The smallest absolute Gasteiger partial charge is 0.220 e. The fourth-order valence-electron chi connectivity index (χ4n) is 3.80. The van der Waals surface area contributed by atoms with Crippen LogP contribution in [0.5, 0.6) is 0 Å². The lowest BCUT2D eigenvalue weighted by Crippen LogP contribution is -2.32. The zero-order valence-corrected chi connectivity index (χ0v) is 14.4. The van der Waals surface area contributed by atoms with Gasteiger partial charge in [0.25, 0.3) is 0 Å². The fourth-order valence-corrected chi connectivity index (χ4v) is 3.80. The number of rotatable bonds is 6. The van der Waals surface area contributed by atoms with Gasteiger partial charge in [-0.2, -0.15) is 0 Å². The second kappa shape index (κ2) is 7.23. The number of carbonyl (C=O) groups is 1. The van der Waals surface area contributed by atoms with Crippen molar-refractivity contribution < 1.29 is 9.53 Å². The van der Waals surface area contributed by atoms with E-state index >= 15 is 0 Å². The summed E-state index contributed by atoms with van der Waals surface area (Å²) in [7, 11) is 0. The molecule has 3 aliphatic rings. The van der Waals surface area contributed by atoms with Crippen LogP contribution in [0.1, 0.15) is 37.2 Å². The summed E-state index contributed by atoms with van der Waals surface area (Å²) in [6.07, 6.45) is 7.25. The van der Waals surface area contributed by atoms with Crippen molar-refractivity contribution in [2.24, 2.45) is 11.8 Å². The number of amides is 1. The van der Waals surface area contributed by atoms with Crippen LogP contribution in [0, 0.1) is 11.8 Å². The molecule has 24 heavy (non-hydrogen) atoms. The Morgan fingerprint density at radius 3 is 2.96 bits per heavy atom. The van der Waals surface area contributed by atoms with Crippen LogP contribution in [0.3, 0.4) is 0 Å². The van der Waals surface area contributed by atoms with Gasteiger partial charge in [0, 0.05) is 45.6 Å². The summed E-state index contributed by atoms with van der Waals surface area (Å²) in [6.45, 7) is 6.68. The lowest BCUT2D eigenvalue weighted by atomic mass is 10.1. The average molecular weight is 332 g/mol. The van der Waals surface area contributed by atoms with E-state index in [2.05, 4.69) is 19.8 Å². The van der Waals surface area contributed by atoms with Crippen LogP contribution in [0.25, 0.3) is 0 Å². The third-order valence-electron chi connectivity index (χ3n) is 5.49. The van der Waals surface area contributed by atoms with Gasteiger partial charge < -0.3 is 19.5 Å². The minimum absolute atomic E-state index is 0.185. The van der Waals surface area contributed by atoms with Gasteiger partial charge in [0.15, 0.2) is 0 Å². The molecular formula is C18H28N4O2. The van der Waals surface area contributed by atoms with Crippen molar-refractivity contribution in [2.45, 2.75) is 45.2 Å². The summed E-state index contributed by atoms with van der Waals surface area (Å²) < 4.78 is 7.81. The topological polar surface area (TPSA) is 59.4 Å². The molecule has 1 saturated carbocycles. The van der Waals surface area contributed by atoms with E-state index in [1.54, 1.807) is 0 Å². The van der Waals surface area contributed by atoms with E-state index in [-0.39, 0.29) is 5.91 Å². The lowest BCUT2D eigenvalue weighted by molar-refractivity contribution is -0.121. The van der Waals surface area contributed by atoms with Gasteiger partial charge in [-0.05, 0) is 31.1 Å². The Bertz CT molecular complexity index is 576. The monoisotopic (exact) mass is 332 g/mol. The summed E-state index contributed by atoms with van der Waals surface area (Å²) >= 11 is 0. The predicted molar refractivity (Wildman–Crippen MR) is 90.5 cm³/mol. The quantitative estimate of drug-likeness (QED) is 0.850. The Balaban J connectivity index is 1.30. The van der Waals surface area contributed by atoms with Gasteiger partial charge in [0.1, 0.15) is 5.82 Å². The Labute approximate surface area is 143 Å². The van der Waals surface area contributed by atoms with E-state index in [9.17, 15) is 4.79 Å². The zero-order valence-electron chi connectivity index (χ0n) is 14.4. The molecule has 2 aliphatic heterocycles. The molecule has 1 aromatic heterocycles. The number of ether oxygens (including phenoxy) is 1. The molecule has 4 rings (SSSR count). The normalized spacial score (nSPS) is 24.6. The Hall–Kier alpha value is -1.40. The number of imidazole rings is 1. The summed E-state index contributed by atoms with van der Waals surface area (Å²) in [5.41, 5.74) is 1.14. The van der Waals surface area contributed by atoms with E-state index in [0.29, 0.717) is 24.8 Å². The Kier molecular flexibility index (Phi) is 4.85. The van der Waals surface area contributed by atoms with Crippen molar-refractivity contribution in [3.8, 4) is 0 Å². The van der Waals surface area contributed by atoms with Crippen LogP contribution in [-0.4, -0.2) is 53.2 Å². The van der Waals surface area contributed by atoms with Crippen molar-refractivity contribution in [3.05, 3.63) is 17.7 Å². The molecule has 6 nitrogen and oxygen atoms in total. The van der Waals surface area contributed by atoms with Gasteiger partial charge in [-0.1, -0.05) is 0 Å². The molecule has 0 unspecified atom stereocenters. The molecule has 1 aromatic rings. The number of carbonyl (C=O) groups excluding carboxylic acids is 1. The minimum Gasteiger partial charge on any atom is -0.381 e. The summed E-state index contributed by atoms with van der Waals surface area (Å²) in [5.74, 6) is 2.67. The lowest BCUT2D eigenvalue weighted by Gasteiger charge is -2.22. The van der Waals surface area contributed by atoms with Crippen molar-refractivity contribution in [2.75, 3.05) is 32.8 Å². The van der Waals surface area contributed by atoms with Gasteiger partial charge in [0.2, 0.25) is 5.91 Å². The first-order valence-electron chi connectivity index (χ1n) is 9.38. The molecule has 6 heteroatoms. The third-order valence-corrected chi connectivity index (χ3v) is 5.49. The van der Waals surface area contributed by atoms with Crippen LogP contribution in [0.4, 0.5) is 0 Å². The summed E-state index contributed by atoms with van der Waals surface area (Å²) in [6, 6.07) is 0. The maximum Gasteiger partial charge on any atom is 0.220 e. The number of fused-ring (bicyclic) bond motifs is 1. The average Bonchev–Trinajstić information content (AvgIpc) is 3.15. The molecule has 1 saturated heterocycles. The van der Waals surface area contributed by atoms with Crippen LogP contribution in [0.2, 0.25) is 0 Å². The van der Waals surface area contributed by atoms with Crippen molar-refractivity contribution in [1.82, 2.24) is 19.8 Å². The van der Waals surface area contributed by atoms with Crippen molar-refractivity contribution in [1.29, 1.82) is 0 Å². The molecule has 1 amide bonds. The number of hydrogen-bond donors (Lipinski definition) is 1. The maximum atomic E-state index is 11.9. The van der Waals surface area contributed by atoms with Gasteiger partial charge in [-0.15, -0.1) is 0 Å². The molecule has 3 heterocycles. The predicted octanol–water partition coefficient (Wildman–Crippen LogP) is 1.19. The highest BCUT2D eigenvalue weighted by atomic mass is 16.5. The van der Waals surface area contributed by atoms with E-state index in [4.69, 9.17) is 4.74 Å². The second-order valence-electron chi connectivity index (χ2n) is 7.52. The molecule has 0 bridgehead atoms. The van der Waals surface area contributed by atoms with Gasteiger partial charge in [0.05, 0.1) is 25.0 Å². The first kappa shape index (κ1) is 16.1. The molecule has 0 aromatic carbocycles. The largest absolute Gasteiger partial charge is 0.381 e. The molecule has 132 valence electrons. The van der Waals surface area contributed by atoms with Crippen LogP contribution in [-0.2, 0) is 29.0 Å². The van der Waals surface area contributed by atoms with Crippen LogP contribution >= 0.6 is 0 Å². The van der Waals surface area contributed by atoms with Crippen LogP contribution < -0.4 is 5.32 Å². The van der Waals surface area contributed by atoms with Gasteiger partial charge >= 0.3 is 0 Å². The number of hydrogen-bond acceptors (Lipinski definition) is 4. The standard InChI is InChI=1S/C18H28N4O2/c23-18(9-14-1-2-14)20-11-16-10-19-17-3-5-21(6-7-22(16)17)12-15-4-8-24-13-15/h10,14-15H,1-9,11-13H2,(H,20,23)/t15-/m0/s1. The fraction of sp³-hybridized carbons (Fsp3) is 0.778. The first-order valence-corrected chi connectivity index (χ1v) is 9.38.